The summed E-state index contributed by atoms with van der Waals surface area (Å²) in [6.45, 7) is 2.44. The molecule has 0 aliphatic heterocycles. The van der Waals surface area contributed by atoms with Crippen molar-refractivity contribution in [1.29, 1.82) is 0 Å². The Morgan fingerprint density at radius 2 is 1.80 bits per heavy atom. The first-order chi connectivity index (χ1) is 9.63. The van der Waals surface area contributed by atoms with Crippen molar-refractivity contribution >= 4 is 23.2 Å². The Morgan fingerprint density at radius 3 is 2.45 bits per heavy atom. The molecule has 0 unspecified atom stereocenters. The van der Waals surface area contributed by atoms with E-state index in [2.05, 4.69) is 0 Å². The van der Waals surface area contributed by atoms with Crippen LogP contribution in [0.3, 0.4) is 0 Å². The molecule has 0 aliphatic carbocycles. The van der Waals surface area contributed by atoms with Gasteiger partial charge in [0.1, 0.15) is 18.1 Å². The van der Waals surface area contributed by atoms with Crippen LogP contribution in [0.25, 0.3) is 0 Å². The Bertz CT molecular complexity index is 597. The Labute approximate surface area is 129 Å². The first kappa shape index (κ1) is 15.0. The standard InChI is InChI=1S/C16H16Cl2O2/c1-11-3-5-15(19-2)13(7-11)10-20-16-6-4-12(9-17)8-14(16)18/h3-8H,9-10H2,1-2H3. The molecule has 0 saturated carbocycles. The highest BCUT2D eigenvalue weighted by Crippen LogP contribution is 2.28. The summed E-state index contributed by atoms with van der Waals surface area (Å²) >= 11 is 11.9. The summed E-state index contributed by atoms with van der Waals surface area (Å²) in [5, 5.41) is 0.565. The fourth-order valence-electron chi connectivity index (χ4n) is 1.92. The van der Waals surface area contributed by atoms with Gasteiger partial charge < -0.3 is 9.47 Å². The van der Waals surface area contributed by atoms with Crippen molar-refractivity contribution < 1.29 is 9.47 Å². The van der Waals surface area contributed by atoms with Crippen molar-refractivity contribution in [2.24, 2.45) is 0 Å². The SMILES string of the molecule is COc1ccc(C)cc1COc1ccc(CCl)cc1Cl. The number of aryl methyl sites for hydroxylation is 1. The third kappa shape index (κ3) is 3.59. The van der Waals surface area contributed by atoms with Crippen molar-refractivity contribution in [2.45, 2.75) is 19.4 Å². The molecule has 2 aromatic rings. The maximum atomic E-state index is 6.16. The summed E-state index contributed by atoms with van der Waals surface area (Å²) in [6.07, 6.45) is 0. The lowest BCUT2D eigenvalue weighted by Crippen LogP contribution is -2.00. The minimum Gasteiger partial charge on any atom is -0.496 e. The summed E-state index contributed by atoms with van der Waals surface area (Å²) in [5.74, 6) is 1.89. The lowest BCUT2D eigenvalue weighted by atomic mass is 10.1. The molecule has 0 bridgehead atoms. The van der Waals surface area contributed by atoms with Crippen molar-refractivity contribution in [3.05, 3.63) is 58.1 Å². The number of hydrogen-bond acceptors (Lipinski definition) is 2. The average molecular weight is 311 g/mol. The third-order valence-corrected chi connectivity index (χ3v) is 3.57. The number of rotatable bonds is 5. The van der Waals surface area contributed by atoms with Gasteiger partial charge in [0.15, 0.2) is 0 Å². The summed E-state index contributed by atoms with van der Waals surface area (Å²) in [5.41, 5.74) is 3.12. The smallest absolute Gasteiger partial charge is 0.138 e. The van der Waals surface area contributed by atoms with Crippen molar-refractivity contribution in [2.75, 3.05) is 7.11 Å². The van der Waals surface area contributed by atoms with Crippen LogP contribution in [0.4, 0.5) is 0 Å². The van der Waals surface area contributed by atoms with Crippen LogP contribution in [0.1, 0.15) is 16.7 Å². The van der Waals surface area contributed by atoms with Gasteiger partial charge in [-0.05, 0) is 36.8 Å². The summed E-state index contributed by atoms with van der Waals surface area (Å²) < 4.78 is 11.1. The number of alkyl halides is 1. The molecule has 20 heavy (non-hydrogen) atoms. The second-order valence-electron chi connectivity index (χ2n) is 4.50. The van der Waals surface area contributed by atoms with E-state index in [9.17, 15) is 0 Å². The molecule has 0 heterocycles. The maximum absolute atomic E-state index is 6.16. The van der Waals surface area contributed by atoms with Crippen LogP contribution in [0.2, 0.25) is 5.02 Å². The zero-order chi connectivity index (χ0) is 14.5. The lowest BCUT2D eigenvalue weighted by molar-refractivity contribution is 0.296. The molecule has 2 nitrogen and oxygen atoms in total. The van der Waals surface area contributed by atoms with Gasteiger partial charge in [0.05, 0.1) is 12.1 Å². The minimum atomic E-state index is 0.408. The van der Waals surface area contributed by atoms with Crippen LogP contribution in [0.15, 0.2) is 36.4 Å². The quantitative estimate of drug-likeness (QED) is 0.725. The zero-order valence-corrected chi connectivity index (χ0v) is 13.0. The van der Waals surface area contributed by atoms with Crippen LogP contribution in [-0.2, 0) is 12.5 Å². The van der Waals surface area contributed by atoms with E-state index >= 15 is 0 Å². The van der Waals surface area contributed by atoms with Gasteiger partial charge in [0.2, 0.25) is 0 Å². The fraction of sp³-hybridized carbons (Fsp3) is 0.250. The average Bonchev–Trinajstić information content (AvgIpc) is 2.46. The van der Waals surface area contributed by atoms with Gasteiger partial charge in [-0.25, -0.2) is 0 Å². The van der Waals surface area contributed by atoms with Gasteiger partial charge in [0.25, 0.3) is 0 Å². The molecular weight excluding hydrogens is 295 g/mol. The third-order valence-electron chi connectivity index (χ3n) is 2.97. The molecule has 2 aromatic carbocycles. The molecule has 0 atom stereocenters. The normalized spacial score (nSPS) is 10.4. The minimum absolute atomic E-state index is 0.408. The Balaban J connectivity index is 2.14. The number of ether oxygens (including phenoxy) is 2. The van der Waals surface area contributed by atoms with Crippen molar-refractivity contribution in [1.82, 2.24) is 0 Å². The Hall–Kier alpha value is -1.38. The monoisotopic (exact) mass is 310 g/mol. The molecule has 0 fully saturated rings. The van der Waals surface area contributed by atoms with E-state index < -0.39 is 0 Å². The summed E-state index contributed by atoms with van der Waals surface area (Å²) in [4.78, 5) is 0. The van der Waals surface area contributed by atoms with E-state index in [1.807, 2.05) is 43.3 Å². The molecule has 106 valence electrons. The van der Waals surface area contributed by atoms with Crippen LogP contribution in [0, 0.1) is 6.92 Å². The molecule has 0 saturated heterocycles. The predicted molar refractivity (Wildman–Crippen MR) is 83.1 cm³/mol. The largest absolute Gasteiger partial charge is 0.496 e. The van der Waals surface area contributed by atoms with E-state index in [0.29, 0.717) is 23.3 Å². The van der Waals surface area contributed by atoms with Gasteiger partial charge in [-0.15, -0.1) is 11.6 Å². The van der Waals surface area contributed by atoms with E-state index in [4.69, 9.17) is 32.7 Å². The Morgan fingerprint density at radius 1 is 1.05 bits per heavy atom. The molecule has 0 N–H and O–H groups in total. The zero-order valence-electron chi connectivity index (χ0n) is 11.5. The summed E-state index contributed by atoms with van der Waals surface area (Å²) in [7, 11) is 1.65. The van der Waals surface area contributed by atoms with Crippen LogP contribution < -0.4 is 9.47 Å². The molecule has 0 aliphatic rings. The molecule has 0 radical (unpaired) electrons. The Kier molecular flexibility index (Phi) is 5.16. The van der Waals surface area contributed by atoms with Crippen LogP contribution >= 0.6 is 23.2 Å². The molecular formula is C16H16Cl2O2. The topological polar surface area (TPSA) is 18.5 Å². The number of halogens is 2. The highest BCUT2D eigenvalue weighted by atomic mass is 35.5. The fourth-order valence-corrected chi connectivity index (χ4v) is 2.34. The molecule has 0 amide bonds. The van der Waals surface area contributed by atoms with Crippen molar-refractivity contribution in [3.63, 3.8) is 0 Å². The first-order valence-electron chi connectivity index (χ1n) is 6.24. The van der Waals surface area contributed by atoms with Gasteiger partial charge in [-0.2, -0.15) is 0 Å². The lowest BCUT2D eigenvalue weighted by Gasteiger charge is -2.12. The van der Waals surface area contributed by atoms with Gasteiger partial charge >= 0.3 is 0 Å². The summed E-state index contributed by atoms with van der Waals surface area (Å²) in [6, 6.07) is 11.5. The van der Waals surface area contributed by atoms with E-state index in [-0.39, 0.29) is 0 Å². The van der Waals surface area contributed by atoms with E-state index in [0.717, 1.165) is 22.4 Å². The van der Waals surface area contributed by atoms with Gasteiger partial charge in [0, 0.05) is 11.4 Å². The van der Waals surface area contributed by atoms with Gasteiger partial charge in [-0.1, -0.05) is 29.3 Å². The number of benzene rings is 2. The van der Waals surface area contributed by atoms with E-state index in [1.165, 1.54) is 0 Å². The van der Waals surface area contributed by atoms with Gasteiger partial charge in [-0.3, -0.25) is 0 Å². The van der Waals surface area contributed by atoms with Crippen molar-refractivity contribution in [3.8, 4) is 11.5 Å². The van der Waals surface area contributed by atoms with Crippen LogP contribution in [-0.4, -0.2) is 7.11 Å². The predicted octanol–water partition coefficient (Wildman–Crippen LogP) is 4.97. The first-order valence-corrected chi connectivity index (χ1v) is 7.16. The molecule has 0 aromatic heterocycles. The maximum Gasteiger partial charge on any atom is 0.138 e. The number of hydrogen-bond donors (Lipinski definition) is 0. The molecule has 2 rings (SSSR count). The highest BCUT2D eigenvalue weighted by Gasteiger charge is 2.07. The molecule has 4 heteroatoms. The second kappa shape index (κ2) is 6.87. The highest BCUT2D eigenvalue weighted by molar-refractivity contribution is 6.32. The van der Waals surface area contributed by atoms with Crippen LogP contribution in [0.5, 0.6) is 11.5 Å². The number of methoxy groups -OCH3 is 1. The second-order valence-corrected chi connectivity index (χ2v) is 5.18. The van der Waals surface area contributed by atoms with E-state index in [1.54, 1.807) is 7.11 Å². The molecule has 0 spiro atoms.